The summed E-state index contributed by atoms with van der Waals surface area (Å²) >= 11 is 0. The summed E-state index contributed by atoms with van der Waals surface area (Å²) in [5, 5.41) is 4.48. The fourth-order valence-corrected chi connectivity index (χ4v) is 2.85. The Morgan fingerprint density at radius 2 is 2.10 bits per heavy atom. The van der Waals surface area contributed by atoms with Crippen molar-refractivity contribution in [3.8, 4) is 11.6 Å². The van der Waals surface area contributed by atoms with E-state index >= 15 is 0 Å². The van der Waals surface area contributed by atoms with Crippen molar-refractivity contribution in [2.45, 2.75) is 20.0 Å². The van der Waals surface area contributed by atoms with E-state index in [1.165, 1.54) is 10.9 Å². The zero-order chi connectivity index (χ0) is 14.4. The molecule has 5 heteroatoms. The van der Waals surface area contributed by atoms with Crippen LogP contribution in [0.2, 0.25) is 0 Å². The summed E-state index contributed by atoms with van der Waals surface area (Å²) in [7, 11) is 2.05. The first-order valence-corrected chi connectivity index (χ1v) is 7.00. The molecule has 0 aliphatic carbocycles. The van der Waals surface area contributed by atoms with E-state index in [4.69, 9.17) is 4.74 Å². The standard InChI is InChI=1S/C16H16N4O/c1-10-11-5-6-20(2)14(11)3-4-15(10)21-16-12-7-17-8-13(12)18-9-19-16/h3-6,9,17H,7-8H2,1-2H3. The molecule has 0 radical (unpaired) electrons. The third kappa shape index (κ3) is 1.89. The predicted molar refractivity (Wildman–Crippen MR) is 80.3 cm³/mol. The van der Waals surface area contributed by atoms with Crippen LogP contribution in [0.25, 0.3) is 10.9 Å². The van der Waals surface area contributed by atoms with Gasteiger partial charge >= 0.3 is 0 Å². The molecule has 0 bridgehead atoms. The van der Waals surface area contributed by atoms with E-state index in [-0.39, 0.29) is 0 Å². The third-order valence-corrected chi connectivity index (χ3v) is 4.08. The van der Waals surface area contributed by atoms with Crippen LogP contribution in [0.4, 0.5) is 0 Å². The topological polar surface area (TPSA) is 52.0 Å². The summed E-state index contributed by atoms with van der Waals surface area (Å²) in [6.07, 6.45) is 3.63. The summed E-state index contributed by atoms with van der Waals surface area (Å²) in [6.45, 7) is 3.63. The molecule has 0 saturated heterocycles. The highest BCUT2D eigenvalue weighted by molar-refractivity contribution is 5.85. The molecular weight excluding hydrogens is 264 g/mol. The fraction of sp³-hybridized carbons (Fsp3) is 0.250. The lowest BCUT2D eigenvalue weighted by Gasteiger charge is -2.11. The number of ether oxygens (including phenoxy) is 1. The monoisotopic (exact) mass is 280 g/mol. The van der Waals surface area contributed by atoms with Gasteiger partial charge in [0.15, 0.2) is 0 Å². The highest BCUT2D eigenvalue weighted by atomic mass is 16.5. The zero-order valence-electron chi connectivity index (χ0n) is 12.1. The van der Waals surface area contributed by atoms with Gasteiger partial charge in [-0.15, -0.1) is 0 Å². The summed E-state index contributed by atoms with van der Waals surface area (Å²) < 4.78 is 8.18. The summed E-state index contributed by atoms with van der Waals surface area (Å²) in [5.74, 6) is 1.50. The smallest absolute Gasteiger partial charge is 0.227 e. The SMILES string of the molecule is Cc1c(Oc2ncnc3c2CNC3)ccc2c1ccn2C. The normalized spacial score (nSPS) is 13.6. The number of aryl methyl sites for hydroxylation is 2. The Morgan fingerprint density at radius 3 is 3.00 bits per heavy atom. The molecule has 0 saturated carbocycles. The molecule has 0 atom stereocenters. The first-order chi connectivity index (χ1) is 10.2. The van der Waals surface area contributed by atoms with Crippen molar-refractivity contribution < 1.29 is 4.74 Å². The van der Waals surface area contributed by atoms with Crippen LogP contribution in [0.15, 0.2) is 30.7 Å². The van der Waals surface area contributed by atoms with Crippen molar-refractivity contribution in [1.82, 2.24) is 19.9 Å². The highest BCUT2D eigenvalue weighted by Gasteiger charge is 2.19. The average molecular weight is 280 g/mol. The molecule has 0 unspecified atom stereocenters. The van der Waals surface area contributed by atoms with Crippen LogP contribution in [-0.2, 0) is 20.1 Å². The molecule has 21 heavy (non-hydrogen) atoms. The maximum atomic E-state index is 6.07. The van der Waals surface area contributed by atoms with Gasteiger partial charge < -0.3 is 14.6 Å². The molecule has 0 spiro atoms. The van der Waals surface area contributed by atoms with Crippen LogP contribution in [0.3, 0.4) is 0 Å². The molecular formula is C16H16N4O. The van der Waals surface area contributed by atoms with Crippen molar-refractivity contribution in [2.75, 3.05) is 0 Å². The van der Waals surface area contributed by atoms with Crippen LogP contribution < -0.4 is 10.1 Å². The fourth-order valence-electron chi connectivity index (χ4n) is 2.85. The quantitative estimate of drug-likeness (QED) is 0.784. The second-order valence-electron chi connectivity index (χ2n) is 5.36. The molecule has 3 heterocycles. The first kappa shape index (κ1) is 12.3. The number of hydrogen-bond donors (Lipinski definition) is 1. The maximum Gasteiger partial charge on any atom is 0.227 e. The Balaban J connectivity index is 1.78. The molecule has 0 fully saturated rings. The van der Waals surface area contributed by atoms with E-state index in [2.05, 4.69) is 45.1 Å². The number of benzene rings is 1. The van der Waals surface area contributed by atoms with Gasteiger partial charge in [0, 0.05) is 42.8 Å². The molecule has 1 aliphatic heterocycles. The van der Waals surface area contributed by atoms with E-state index in [9.17, 15) is 0 Å². The van der Waals surface area contributed by atoms with Crippen LogP contribution in [0.5, 0.6) is 11.6 Å². The molecule has 106 valence electrons. The summed E-state index contributed by atoms with van der Waals surface area (Å²) in [6, 6.07) is 6.20. The van der Waals surface area contributed by atoms with Crippen LogP contribution in [0.1, 0.15) is 16.8 Å². The molecule has 1 aliphatic rings. The van der Waals surface area contributed by atoms with Gasteiger partial charge in [0.2, 0.25) is 5.88 Å². The van der Waals surface area contributed by atoms with Gasteiger partial charge in [0.25, 0.3) is 0 Å². The lowest BCUT2D eigenvalue weighted by molar-refractivity contribution is 0.452. The van der Waals surface area contributed by atoms with Crippen molar-refractivity contribution >= 4 is 10.9 Å². The Labute approximate surface area is 122 Å². The minimum atomic E-state index is 0.656. The molecule has 3 aromatic rings. The number of hydrogen-bond acceptors (Lipinski definition) is 4. The Morgan fingerprint density at radius 1 is 1.19 bits per heavy atom. The minimum absolute atomic E-state index is 0.656. The van der Waals surface area contributed by atoms with Gasteiger partial charge in [-0.25, -0.2) is 9.97 Å². The summed E-state index contributed by atoms with van der Waals surface area (Å²) in [4.78, 5) is 8.57. The number of rotatable bonds is 2. The molecule has 2 aromatic heterocycles. The maximum absolute atomic E-state index is 6.07. The van der Waals surface area contributed by atoms with Crippen molar-refractivity contribution in [3.05, 3.63) is 47.5 Å². The van der Waals surface area contributed by atoms with Gasteiger partial charge in [-0.3, -0.25) is 0 Å². The number of nitrogens with zero attached hydrogens (tertiary/aromatic N) is 3. The van der Waals surface area contributed by atoms with E-state index in [0.717, 1.165) is 35.7 Å². The molecule has 4 rings (SSSR count). The number of fused-ring (bicyclic) bond motifs is 2. The number of nitrogens with one attached hydrogen (secondary N) is 1. The van der Waals surface area contributed by atoms with Crippen molar-refractivity contribution in [1.29, 1.82) is 0 Å². The third-order valence-electron chi connectivity index (χ3n) is 4.08. The van der Waals surface area contributed by atoms with Crippen molar-refractivity contribution in [2.24, 2.45) is 7.05 Å². The Hall–Kier alpha value is -2.40. The van der Waals surface area contributed by atoms with Crippen LogP contribution >= 0.6 is 0 Å². The molecule has 5 nitrogen and oxygen atoms in total. The van der Waals surface area contributed by atoms with Gasteiger partial charge in [-0.2, -0.15) is 0 Å². The summed E-state index contributed by atoms with van der Waals surface area (Å²) in [5.41, 5.74) is 4.42. The zero-order valence-corrected chi connectivity index (χ0v) is 12.1. The second-order valence-corrected chi connectivity index (χ2v) is 5.36. The van der Waals surface area contributed by atoms with E-state index in [0.29, 0.717) is 5.88 Å². The van der Waals surface area contributed by atoms with Crippen LogP contribution in [-0.4, -0.2) is 14.5 Å². The van der Waals surface area contributed by atoms with Crippen molar-refractivity contribution in [3.63, 3.8) is 0 Å². The van der Waals surface area contributed by atoms with E-state index in [1.54, 1.807) is 6.33 Å². The number of aromatic nitrogens is 3. The predicted octanol–water partition coefficient (Wildman–Crippen LogP) is 2.67. The minimum Gasteiger partial charge on any atom is -0.438 e. The van der Waals surface area contributed by atoms with E-state index < -0.39 is 0 Å². The lowest BCUT2D eigenvalue weighted by Crippen LogP contribution is -2.01. The highest BCUT2D eigenvalue weighted by Crippen LogP contribution is 2.32. The van der Waals surface area contributed by atoms with Gasteiger partial charge in [0.05, 0.1) is 11.3 Å². The van der Waals surface area contributed by atoms with Gasteiger partial charge in [-0.1, -0.05) is 0 Å². The molecule has 1 N–H and O–H groups in total. The average Bonchev–Trinajstić information content (AvgIpc) is 3.10. The van der Waals surface area contributed by atoms with E-state index in [1.807, 2.05) is 13.1 Å². The van der Waals surface area contributed by atoms with Gasteiger partial charge in [0.1, 0.15) is 12.1 Å². The Bertz CT molecular complexity index is 838. The Kier molecular flexibility index (Phi) is 2.68. The van der Waals surface area contributed by atoms with Gasteiger partial charge in [-0.05, 0) is 25.1 Å². The largest absolute Gasteiger partial charge is 0.438 e. The first-order valence-electron chi connectivity index (χ1n) is 7.00. The second kappa shape index (κ2) is 4.56. The molecule has 0 amide bonds. The molecule has 1 aromatic carbocycles. The van der Waals surface area contributed by atoms with Crippen LogP contribution in [0, 0.1) is 6.92 Å². The lowest BCUT2D eigenvalue weighted by atomic mass is 10.1.